The average molecular weight is 388 g/mol. The number of ether oxygens (including phenoxy) is 1. The van der Waals surface area contributed by atoms with Gasteiger partial charge in [0, 0.05) is 0 Å². The van der Waals surface area contributed by atoms with Crippen molar-refractivity contribution in [2.75, 3.05) is 12.0 Å². The SMILES string of the molecule is COc1ccc2cc(/C=C3\NC(=S)N(c4c(C)cccc4C)C3=O)ccc2c1. The summed E-state index contributed by atoms with van der Waals surface area (Å²) in [5.74, 6) is 0.679. The van der Waals surface area contributed by atoms with Crippen molar-refractivity contribution in [3.63, 3.8) is 0 Å². The molecule has 0 aliphatic carbocycles. The van der Waals surface area contributed by atoms with Gasteiger partial charge in [-0.3, -0.25) is 9.69 Å². The maximum absolute atomic E-state index is 13.1. The van der Waals surface area contributed by atoms with E-state index in [4.69, 9.17) is 17.0 Å². The highest BCUT2D eigenvalue weighted by Gasteiger charge is 2.33. The number of carbonyl (C=O) groups is 1. The number of nitrogens with zero attached hydrogens (tertiary/aromatic N) is 1. The van der Waals surface area contributed by atoms with Crippen LogP contribution in [0.15, 0.2) is 60.3 Å². The van der Waals surface area contributed by atoms with Crippen LogP contribution in [-0.2, 0) is 4.79 Å². The van der Waals surface area contributed by atoms with Crippen molar-refractivity contribution in [1.82, 2.24) is 5.32 Å². The Balaban J connectivity index is 1.70. The third-order valence-electron chi connectivity index (χ3n) is 4.92. The number of hydrogen-bond donors (Lipinski definition) is 1. The van der Waals surface area contributed by atoms with Gasteiger partial charge in [0.05, 0.1) is 12.8 Å². The van der Waals surface area contributed by atoms with Gasteiger partial charge >= 0.3 is 0 Å². The highest BCUT2D eigenvalue weighted by atomic mass is 32.1. The van der Waals surface area contributed by atoms with Gasteiger partial charge in [0.2, 0.25) is 0 Å². The summed E-state index contributed by atoms with van der Waals surface area (Å²) < 4.78 is 5.27. The molecule has 1 fully saturated rings. The van der Waals surface area contributed by atoms with E-state index in [1.165, 1.54) is 0 Å². The number of methoxy groups -OCH3 is 1. The minimum atomic E-state index is -0.141. The fourth-order valence-corrected chi connectivity index (χ4v) is 3.81. The lowest BCUT2D eigenvalue weighted by Crippen LogP contribution is -2.31. The highest BCUT2D eigenvalue weighted by molar-refractivity contribution is 7.80. The normalized spacial score (nSPS) is 15.4. The zero-order chi connectivity index (χ0) is 19.8. The second-order valence-electron chi connectivity index (χ2n) is 6.84. The van der Waals surface area contributed by atoms with E-state index in [2.05, 4.69) is 5.32 Å². The number of rotatable bonds is 3. The maximum Gasteiger partial charge on any atom is 0.281 e. The largest absolute Gasteiger partial charge is 0.497 e. The van der Waals surface area contributed by atoms with Gasteiger partial charge < -0.3 is 10.1 Å². The fourth-order valence-electron chi connectivity index (χ4n) is 3.52. The van der Waals surface area contributed by atoms with Crippen LogP contribution in [0.1, 0.15) is 16.7 Å². The first-order valence-corrected chi connectivity index (χ1v) is 9.40. The molecule has 0 saturated carbocycles. The second kappa shape index (κ2) is 7.09. The summed E-state index contributed by atoms with van der Waals surface area (Å²) in [6.45, 7) is 3.97. The van der Waals surface area contributed by atoms with Gasteiger partial charge in [0.15, 0.2) is 5.11 Å². The molecular weight excluding hydrogens is 368 g/mol. The standard InChI is InChI=1S/C23H20N2O2S/c1-14-5-4-6-15(2)21(14)25-22(26)20(24-23(25)28)12-16-7-8-18-13-19(27-3)10-9-17(18)11-16/h4-13H,1-3H3,(H,24,28)/b20-12-. The van der Waals surface area contributed by atoms with Gasteiger partial charge in [-0.1, -0.05) is 36.4 Å². The number of para-hydroxylation sites is 1. The summed E-state index contributed by atoms with van der Waals surface area (Å²) >= 11 is 5.46. The predicted molar refractivity (Wildman–Crippen MR) is 118 cm³/mol. The molecule has 0 aromatic heterocycles. The highest BCUT2D eigenvalue weighted by Crippen LogP contribution is 2.29. The Hall–Kier alpha value is -3.18. The van der Waals surface area contributed by atoms with Crippen molar-refractivity contribution < 1.29 is 9.53 Å². The minimum Gasteiger partial charge on any atom is -0.497 e. The first kappa shape index (κ1) is 18.2. The van der Waals surface area contributed by atoms with E-state index >= 15 is 0 Å². The summed E-state index contributed by atoms with van der Waals surface area (Å²) in [5.41, 5.74) is 4.27. The Labute approximate surface area is 169 Å². The molecule has 0 unspecified atom stereocenters. The second-order valence-corrected chi connectivity index (χ2v) is 7.23. The molecule has 5 heteroatoms. The van der Waals surface area contributed by atoms with Crippen molar-refractivity contribution in [2.24, 2.45) is 0 Å². The van der Waals surface area contributed by atoms with Gasteiger partial charge in [-0.05, 0) is 77.8 Å². The van der Waals surface area contributed by atoms with E-state index in [0.29, 0.717) is 10.8 Å². The Morgan fingerprint density at radius 1 is 1.00 bits per heavy atom. The quantitative estimate of drug-likeness (QED) is 0.520. The molecule has 28 heavy (non-hydrogen) atoms. The molecule has 140 valence electrons. The smallest absolute Gasteiger partial charge is 0.281 e. The maximum atomic E-state index is 13.1. The molecule has 4 nitrogen and oxygen atoms in total. The number of fused-ring (bicyclic) bond motifs is 1. The first-order valence-electron chi connectivity index (χ1n) is 8.99. The molecule has 1 heterocycles. The predicted octanol–water partition coefficient (Wildman–Crippen LogP) is 4.73. The number of anilines is 1. The number of nitrogens with one attached hydrogen (secondary N) is 1. The van der Waals surface area contributed by atoms with Crippen LogP contribution < -0.4 is 15.0 Å². The Kier molecular flexibility index (Phi) is 4.61. The van der Waals surface area contributed by atoms with E-state index in [0.717, 1.165) is 38.9 Å². The number of hydrogen-bond acceptors (Lipinski definition) is 3. The summed E-state index contributed by atoms with van der Waals surface area (Å²) in [6.07, 6.45) is 1.84. The number of aryl methyl sites for hydroxylation is 2. The molecule has 1 saturated heterocycles. The molecule has 0 spiro atoms. The van der Waals surface area contributed by atoms with Gasteiger partial charge in [0.25, 0.3) is 5.91 Å². The van der Waals surface area contributed by atoms with Crippen molar-refractivity contribution in [3.05, 3.63) is 77.0 Å². The van der Waals surface area contributed by atoms with E-state index in [9.17, 15) is 4.79 Å². The van der Waals surface area contributed by atoms with Crippen LogP contribution in [0.3, 0.4) is 0 Å². The van der Waals surface area contributed by atoms with E-state index < -0.39 is 0 Å². The molecule has 4 rings (SSSR count). The van der Waals surface area contributed by atoms with Gasteiger partial charge in [-0.15, -0.1) is 0 Å². The van der Waals surface area contributed by atoms with Crippen LogP contribution in [-0.4, -0.2) is 18.1 Å². The topological polar surface area (TPSA) is 41.6 Å². The first-order chi connectivity index (χ1) is 13.5. The van der Waals surface area contributed by atoms with Crippen LogP contribution in [0.25, 0.3) is 16.8 Å². The van der Waals surface area contributed by atoms with E-state index in [1.54, 1.807) is 12.0 Å². The van der Waals surface area contributed by atoms with Crippen LogP contribution in [0, 0.1) is 13.8 Å². The van der Waals surface area contributed by atoms with Gasteiger partial charge in [0.1, 0.15) is 11.4 Å². The van der Waals surface area contributed by atoms with Crippen molar-refractivity contribution in [2.45, 2.75) is 13.8 Å². The van der Waals surface area contributed by atoms with Gasteiger partial charge in [-0.25, -0.2) is 0 Å². The average Bonchev–Trinajstić information content (AvgIpc) is 2.95. The molecule has 1 amide bonds. The third-order valence-corrected chi connectivity index (χ3v) is 5.21. The fraction of sp³-hybridized carbons (Fsp3) is 0.130. The van der Waals surface area contributed by atoms with Gasteiger partial charge in [-0.2, -0.15) is 0 Å². The Bertz CT molecular complexity index is 1130. The molecule has 3 aromatic carbocycles. The Morgan fingerprint density at radius 2 is 1.68 bits per heavy atom. The van der Waals surface area contributed by atoms with E-state index in [-0.39, 0.29) is 5.91 Å². The van der Waals surface area contributed by atoms with Crippen LogP contribution in [0.2, 0.25) is 0 Å². The lowest BCUT2D eigenvalue weighted by atomic mass is 10.1. The zero-order valence-electron chi connectivity index (χ0n) is 15.9. The van der Waals surface area contributed by atoms with E-state index in [1.807, 2.05) is 74.5 Å². The summed E-state index contributed by atoms with van der Waals surface area (Å²) in [6, 6.07) is 17.9. The molecule has 3 aromatic rings. The zero-order valence-corrected chi connectivity index (χ0v) is 16.8. The van der Waals surface area contributed by atoms with Crippen molar-refractivity contribution >= 4 is 45.8 Å². The molecule has 1 N–H and O–H groups in total. The molecule has 0 radical (unpaired) electrons. The summed E-state index contributed by atoms with van der Waals surface area (Å²) in [4.78, 5) is 14.6. The molecule has 0 bridgehead atoms. The Morgan fingerprint density at radius 3 is 2.39 bits per heavy atom. The monoisotopic (exact) mass is 388 g/mol. The molecular formula is C23H20N2O2S. The third kappa shape index (κ3) is 3.14. The lowest BCUT2D eigenvalue weighted by molar-refractivity contribution is -0.113. The summed E-state index contributed by atoms with van der Waals surface area (Å²) in [7, 11) is 1.65. The minimum absolute atomic E-state index is 0.141. The summed E-state index contributed by atoms with van der Waals surface area (Å²) in [5, 5.41) is 5.63. The van der Waals surface area contributed by atoms with Crippen LogP contribution in [0.5, 0.6) is 5.75 Å². The van der Waals surface area contributed by atoms with Crippen molar-refractivity contribution in [1.29, 1.82) is 0 Å². The molecule has 1 aliphatic heterocycles. The lowest BCUT2D eigenvalue weighted by Gasteiger charge is -2.19. The van der Waals surface area contributed by atoms with Crippen molar-refractivity contribution in [3.8, 4) is 5.75 Å². The van der Waals surface area contributed by atoms with Crippen LogP contribution in [0.4, 0.5) is 5.69 Å². The number of benzene rings is 3. The number of carbonyl (C=O) groups excluding carboxylic acids is 1. The number of thiocarbonyl (C=S) groups is 1. The molecule has 1 aliphatic rings. The van der Waals surface area contributed by atoms with Crippen LogP contribution >= 0.6 is 12.2 Å². The molecule has 0 atom stereocenters. The number of amides is 1.